The van der Waals surface area contributed by atoms with Gasteiger partial charge < -0.3 is 14.4 Å². The Morgan fingerprint density at radius 3 is 2.45 bits per heavy atom. The molecule has 0 aliphatic rings. The summed E-state index contributed by atoms with van der Waals surface area (Å²) in [4.78, 5) is 22.4. The molecular weight excluding hydrogens is 350 g/mol. The molecule has 0 fully saturated rings. The fraction of sp³-hybridized carbons (Fsp3) is 0.250. The quantitative estimate of drug-likeness (QED) is 0.798. The predicted molar refractivity (Wildman–Crippen MR) is 85.5 cm³/mol. The summed E-state index contributed by atoms with van der Waals surface area (Å²) in [5.74, 6) is -1.23. The molecule has 0 amide bonds. The summed E-state index contributed by atoms with van der Waals surface area (Å²) < 4.78 is 7.50. The van der Waals surface area contributed by atoms with Crippen molar-refractivity contribution in [2.24, 2.45) is 0 Å². The van der Waals surface area contributed by atoms with Gasteiger partial charge in [0.2, 0.25) is 0 Å². The van der Waals surface area contributed by atoms with E-state index in [1.165, 1.54) is 7.11 Å². The maximum Gasteiger partial charge on any atom is 0.325 e. The molecule has 22 heavy (non-hydrogen) atoms. The molecule has 0 bridgehead atoms. The van der Waals surface area contributed by atoms with Gasteiger partial charge in [0.05, 0.1) is 13.5 Å². The van der Waals surface area contributed by atoms with Crippen LogP contribution in [-0.2, 0) is 27.3 Å². The fourth-order valence-electron chi connectivity index (χ4n) is 2.22. The van der Waals surface area contributed by atoms with Crippen molar-refractivity contribution < 1.29 is 19.4 Å². The molecule has 0 unspecified atom stereocenters. The summed E-state index contributed by atoms with van der Waals surface area (Å²) in [6, 6.07) is 11.5. The van der Waals surface area contributed by atoms with Crippen LogP contribution in [0.1, 0.15) is 12.1 Å². The maximum absolute atomic E-state index is 11.6. The number of aryl methyl sites for hydroxylation is 1. The first kappa shape index (κ1) is 16.3. The minimum Gasteiger partial charge on any atom is -0.481 e. The van der Waals surface area contributed by atoms with Crippen LogP contribution in [0.4, 0.5) is 0 Å². The molecule has 116 valence electrons. The molecule has 0 saturated heterocycles. The number of ether oxygens (including phenoxy) is 1. The number of hydrogen-bond acceptors (Lipinski definition) is 3. The van der Waals surface area contributed by atoms with Crippen LogP contribution in [0.5, 0.6) is 0 Å². The van der Waals surface area contributed by atoms with Gasteiger partial charge in [0.15, 0.2) is 0 Å². The number of rotatable bonds is 6. The topological polar surface area (TPSA) is 68.5 Å². The second-order valence-corrected chi connectivity index (χ2v) is 5.69. The largest absolute Gasteiger partial charge is 0.481 e. The third-order valence-corrected chi connectivity index (χ3v) is 3.85. The second kappa shape index (κ2) is 7.26. The third kappa shape index (κ3) is 3.98. The van der Waals surface area contributed by atoms with Crippen molar-refractivity contribution in [3.63, 3.8) is 0 Å². The lowest BCUT2D eigenvalue weighted by Gasteiger charge is -2.12. The minimum atomic E-state index is -0.865. The number of aromatic nitrogens is 1. The molecule has 0 aliphatic carbocycles. The Labute approximate surface area is 136 Å². The number of carboxylic acids is 1. The van der Waals surface area contributed by atoms with Gasteiger partial charge in [0.25, 0.3) is 0 Å². The van der Waals surface area contributed by atoms with E-state index in [0.29, 0.717) is 6.42 Å². The lowest BCUT2D eigenvalue weighted by Crippen LogP contribution is -2.15. The Hall–Kier alpha value is -2.08. The van der Waals surface area contributed by atoms with E-state index in [0.717, 1.165) is 21.4 Å². The van der Waals surface area contributed by atoms with Crippen molar-refractivity contribution in [2.45, 2.75) is 19.4 Å². The average molecular weight is 366 g/mol. The number of carbonyl (C=O) groups is 2. The van der Waals surface area contributed by atoms with Crippen molar-refractivity contribution in [3.8, 4) is 11.3 Å². The molecule has 1 aromatic carbocycles. The number of benzene rings is 1. The smallest absolute Gasteiger partial charge is 0.325 e. The summed E-state index contributed by atoms with van der Waals surface area (Å²) in [5, 5.41) is 8.84. The molecule has 2 aromatic rings. The zero-order chi connectivity index (χ0) is 16.1. The molecule has 1 N–H and O–H groups in total. The van der Waals surface area contributed by atoms with Crippen molar-refractivity contribution in [1.29, 1.82) is 0 Å². The standard InChI is InChI=1S/C16H16BrNO4/c1-22-16(21)10-18-13(7-9-15(19)20)6-8-14(18)11-2-4-12(17)5-3-11/h2-6,8H,7,9-10H2,1H3,(H,19,20). The van der Waals surface area contributed by atoms with Crippen LogP contribution in [0.15, 0.2) is 40.9 Å². The summed E-state index contributed by atoms with van der Waals surface area (Å²) in [6.07, 6.45) is 0.383. The number of aliphatic carboxylic acids is 1. The van der Waals surface area contributed by atoms with Crippen LogP contribution in [0.2, 0.25) is 0 Å². The van der Waals surface area contributed by atoms with Gasteiger partial charge in [-0.1, -0.05) is 28.1 Å². The lowest BCUT2D eigenvalue weighted by atomic mass is 10.1. The fourth-order valence-corrected chi connectivity index (χ4v) is 2.48. The van der Waals surface area contributed by atoms with Gasteiger partial charge in [0.1, 0.15) is 6.54 Å². The van der Waals surface area contributed by atoms with Crippen molar-refractivity contribution in [3.05, 3.63) is 46.6 Å². The number of methoxy groups -OCH3 is 1. The molecule has 0 atom stereocenters. The van der Waals surface area contributed by atoms with Crippen LogP contribution in [0.3, 0.4) is 0 Å². The van der Waals surface area contributed by atoms with E-state index >= 15 is 0 Å². The SMILES string of the molecule is COC(=O)Cn1c(CCC(=O)O)ccc1-c1ccc(Br)cc1. The number of carbonyl (C=O) groups excluding carboxylic acids is 1. The minimum absolute atomic E-state index is 0.0188. The van der Waals surface area contributed by atoms with Gasteiger partial charge in [0, 0.05) is 15.9 Å². The highest BCUT2D eigenvalue weighted by atomic mass is 79.9. The lowest BCUT2D eigenvalue weighted by molar-refractivity contribution is -0.141. The highest BCUT2D eigenvalue weighted by molar-refractivity contribution is 9.10. The molecule has 6 heteroatoms. The zero-order valence-corrected chi connectivity index (χ0v) is 13.7. The van der Waals surface area contributed by atoms with Crippen molar-refractivity contribution in [1.82, 2.24) is 4.57 Å². The number of halogens is 1. The molecule has 0 radical (unpaired) electrons. The first-order valence-electron chi connectivity index (χ1n) is 6.74. The highest BCUT2D eigenvalue weighted by Crippen LogP contribution is 2.25. The van der Waals surface area contributed by atoms with Gasteiger partial charge in [-0.3, -0.25) is 9.59 Å². The van der Waals surface area contributed by atoms with Crippen molar-refractivity contribution >= 4 is 27.9 Å². The monoisotopic (exact) mass is 365 g/mol. The van der Waals surface area contributed by atoms with Gasteiger partial charge >= 0.3 is 11.9 Å². The molecule has 5 nitrogen and oxygen atoms in total. The van der Waals surface area contributed by atoms with Crippen LogP contribution >= 0.6 is 15.9 Å². The normalized spacial score (nSPS) is 10.5. The van der Waals surface area contributed by atoms with E-state index in [9.17, 15) is 9.59 Å². The molecular formula is C16H16BrNO4. The molecule has 2 rings (SSSR count). The summed E-state index contributed by atoms with van der Waals surface area (Å²) in [6.45, 7) is 0.0594. The van der Waals surface area contributed by atoms with Crippen LogP contribution in [0.25, 0.3) is 11.3 Å². The predicted octanol–water partition coefficient (Wildman–Crippen LogP) is 3.11. The van der Waals surface area contributed by atoms with Crippen LogP contribution in [0, 0.1) is 0 Å². The van der Waals surface area contributed by atoms with E-state index in [1.54, 1.807) is 4.57 Å². The first-order chi connectivity index (χ1) is 10.5. The summed E-state index contributed by atoms with van der Waals surface area (Å²) in [5.41, 5.74) is 2.61. The maximum atomic E-state index is 11.6. The Bertz CT molecular complexity index is 676. The zero-order valence-electron chi connectivity index (χ0n) is 12.1. The van der Waals surface area contributed by atoms with Gasteiger partial charge in [-0.2, -0.15) is 0 Å². The molecule has 0 aliphatic heterocycles. The van der Waals surface area contributed by atoms with E-state index in [4.69, 9.17) is 9.84 Å². The highest BCUT2D eigenvalue weighted by Gasteiger charge is 2.14. The Morgan fingerprint density at radius 1 is 1.18 bits per heavy atom. The second-order valence-electron chi connectivity index (χ2n) is 4.77. The molecule has 0 spiro atoms. The van der Waals surface area contributed by atoms with E-state index < -0.39 is 5.97 Å². The number of esters is 1. The Kier molecular flexibility index (Phi) is 5.38. The Morgan fingerprint density at radius 2 is 1.86 bits per heavy atom. The number of nitrogens with zero attached hydrogens (tertiary/aromatic N) is 1. The van der Waals surface area contributed by atoms with E-state index in [1.807, 2.05) is 36.4 Å². The molecule has 1 aromatic heterocycles. The van der Waals surface area contributed by atoms with Gasteiger partial charge in [-0.25, -0.2) is 0 Å². The van der Waals surface area contributed by atoms with Crippen LogP contribution in [-0.4, -0.2) is 28.7 Å². The van der Waals surface area contributed by atoms with Gasteiger partial charge in [-0.05, 0) is 36.2 Å². The van der Waals surface area contributed by atoms with E-state index in [-0.39, 0.29) is 18.9 Å². The third-order valence-electron chi connectivity index (χ3n) is 3.32. The van der Waals surface area contributed by atoms with E-state index in [2.05, 4.69) is 15.9 Å². The molecule has 1 heterocycles. The van der Waals surface area contributed by atoms with Crippen molar-refractivity contribution in [2.75, 3.05) is 7.11 Å². The van der Waals surface area contributed by atoms with Crippen LogP contribution < -0.4 is 0 Å². The first-order valence-corrected chi connectivity index (χ1v) is 7.53. The number of hydrogen-bond donors (Lipinski definition) is 1. The Balaban J connectivity index is 2.37. The molecule has 0 saturated carbocycles. The summed E-state index contributed by atoms with van der Waals surface area (Å²) in [7, 11) is 1.34. The number of carboxylic acid groups (broad SMARTS) is 1. The van der Waals surface area contributed by atoms with Gasteiger partial charge in [-0.15, -0.1) is 0 Å². The average Bonchev–Trinajstić information content (AvgIpc) is 2.88. The summed E-state index contributed by atoms with van der Waals surface area (Å²) >= 11 is 3.39.